The lowest BCUT2D eigenvalue weighted by molar-refractivity contribution is 0.0523. The molecule has 2 aromatic carbocycles. The Labute approximate surface area is 166 Å². The van der Waals surface area contributed by atoms with Crippen LogP contribution in [-0.2, 0) is 22.6 Å². The van der Waals surface area contributed by atoms with Crippen LogP contribution in [0.25, 0.3) is 0 Å². The molecule has 6 heteroatoms. The topological polar surface area (TPSA) is 76.7 Å². The Bertz CT molecular complexity index is 785. The molecule has 150 valence electrons. The number of ether oxygens (including phenoxy) is 2. The van der Waals surface area contributed by atoms with Gasteiger partial charge in [-0.05, 0) is 44.4 Å². The number of nitrogens with one attached hydrogen (secondary N) is 2. The predicted molar refractivity (Wildman–Crippen MR) is 108 cm³/mol. The molecule has 0 heterocycles. The van der Waals surface area contributed by atoms with E-state index in [2.05, 4.69) is 10.6 Å². The van der Waals surface area contributed by atoms with Gasteiger partial charge < -0.3 is 20.1 Å². The maximum absolute atomic E-state index is 12.0. The van der Waals surface area contributed by atoms with Crippen molar-refractivity contribution in [2.45, 2.75) is 52.5 Å². The number of carbonyl (C=O) groups excluding carboxylic acids is 2. The third-order valence-electron chi connectivity index (χ3n) is 3.83. The molecule has 0 radical (unpaired) electrons. The lowest BCUT2D eigenvalue weighted by atomic mass is 10.1. The minimum atomic E-state index is -0.537. The van der Waals surface area contributed by atoms with Gasteiger partial charge in [0.15, 0.2) is 0 Å². The number of amides is 2. The van der Waals surface area contributed by atoms with E-state index >= 15 is 0 Å². The summed E-state index contributed by atoms with van der Waals surface area (Å²) < 4.78 is 10.5. The molecule has 1 unspecified atom stereocenters. The van der Waals surface area contributed by atoms with Gasteiger partial charge in [0.05, 0.1) is 6.04 Å². The van der Waals surface area contributed by atoms with Gasteiger partial charge in [-0.3, -0.25) is 0 Å². The second-order valence-electron chi connectivity index (χ2n) is 7.53. The zero-order chi connectivity index (χ0) is 20.6. The molecule has 1 atom stereocenters. The molecule has 0 aliphatic rings. The molecule has 2 rings (SSSR count). The molecule has 0 fully saturated rings. The van der Waals surface area contributed by atoms with Crippen LogP contribution in [0, 0.1) is 0 Å². The molecule has 2 aromatic rings. The summed E-state index contributed by atoms with van der Waals surface area (Å²) in [6, 6.07) is 16.9. The summed E-state index contributed by atoms with van der Waals surface area (Å²) in [5.41, 5.74) is 2.22. The van der Waals surface area contributed by atoms with Crippen molar-refractivity contribution in [3.63, 3.8) is 0 Å². The predicted octanol–water partition coefficient (Wildman–Crippen LogP) is 4.70. The van der Waals surface area contributed by atoms with Gasteiger partial charge in [0.1, 0.15) is 12.2 Å². The molecule has 2 N–H and O–H groups in total. The monoisotopic (exact) mass is 384 g/mol. The first-order valence-corrected chi connectivity index (χ1v) is 9.26. The molecule has 0 bridgehead atoms. The van der Waals surface area contributed by atoms with Crippen molar-refractivity contribution in [3.05, 3.63) is 71.3 Å². The van der Waals surface area contributed by atoms with Crippen molar-refractivity contribution in [1.82, 2.24) is 10.6 Å². The van der Waals surface area contributed by atoms with Gasteiger partial charge in [0, 0.05) is 6.54 Å². The number of alkyl carbamates (subject to hydrolysis) is 2. The van der Waals surface area contributed by atoms with E-state index in [0.717, 1.165) is 16.7 Å². The molecule has 0 spiro atoms. The van der Waals surface area contributed by atoms with Crippen LogP contribution in [0.4, 0.5) is 9.59 Å². The summed E-state index contributed by atoms with van der Waals surface area (Å²) >= 11 is 0. The standard InChI is InChI=1S/C22H28N2O4/c1-16(24-21(26)27-15-17-9-6-5-7-10-17)19-12-8-11-18(13-19)14-23-20(25)28-22(2,3)4/h5-13,16H,14-15H2,1-4H3,(H,23,25)(H,24,26). The van der Waals surface area contributed by atoms with Gasteiger partial charge in [0.25, 0.3) is 0 Å². The van der Waals surface area contributed by atoms with E-state index in [0.29, 0.717) is 6.54 Å². The molecular weight excluding hydrogens is 356 g/mol. The van der Waals surface area contributed by atoms with Crippen LogP contribution >= 0.6 is 0 Å². The van der Waals surface area contributed by atoms with Gasteiger partial charge in [0.2, 0.25) is 0 Å². The van der Waals surface area contributed by atoms with Crippen LogP contribution in [-0.4, -0.2) is 17.8 Å². The number of rotatable bonds is 6. The molecule has 0 aliphatic carbocycles. The Balaban J connectivity index is 1.84. The van der Waals surface area contributed by atoms with Crippen molar-refractivity contribution >= 4 is 12.2 Å². The van der Waals surface area contributed by atoms with Crippen LogP contribution < -0.4 is 10.6 Å². The molecule has 0 saturated carbocycles. The van der Waals surface area contributed by atoms with Crippen LogP contribution in [0.2, 0.25) is 0 Å². The van der Waals surface area contributed by atoms with Crippen LogP contribution in [0.5, 0.6) is 0 Å². The minimum Gasteiger partial charge on any atom is -0.445 e. The summed E-state index contributed by atoms with van der Waals surface area (Å²) in [5.74, 6) is 0. The summed E-state index contributed by atoms with van der Waals surface area (Å²) in [6.45, 7) is 7.89. The van der Waals surface area contributed by atoms with Crippen LogP contribution in [0.15, 0.2) is 54.6 Å². The Morgan fingerprint density at radius 2 is 1.64 bits per heavy atom. The minimum absolute atomic E-state index is 0.221. The third kappa shape index (κ3) is 7.70. The maximum Gasteiger partial charge on any atom is 0.407 e. The average Bonchev–Trinajstić information content (AvgIpc) is 2.64. The summed E-state index contributed by atoms with van der Waals surface area (Å²) in [6.07, 6.45) is -0.942. The molecule has 2 amide bonds. The average molecular weight is 384 g/mol. The summed E-state index contributed by atoms with van der Waals surface area (Å²) in [5, 5.41) is 5.54. The highest BCUT2D eigenvalue weighted by Gasteiger charge is 2.16. The smallest absolute Gasteiger partial charge is 0.407 e. The Morgan fingerprint density at radius 3 is 2.32 bits per heavy atom. The van der Waals surface area contributed by atoms with Gasteiger partial charge in [-0.1, -0.05) is 54.6 Å². The number of carbonyl (C=O) groups is 2. The molecular formula is C22H28N2O4. The van der Waals surface area contributed by atoms with Crippen molar-refractivity contribution in [2.24, 2.45) is 0 Å². The first-order chi connectivity index (χ1) is 13.2. The van der Waals surface area contributed by atoms with Crippen LogP contribution in [0.3, 0.4) is 0 Å². The molecule has 0 saturated heterocycles. The van der Waals surface area contributed by atoms with E-state index in [1.807, 2.05) is 82.3 Å². The highest BCUT2D eigenvalue weighted by atomic mass is 16.6. The van der Waals surface area contributed by atoms with Gasteiger partial charge in [-0.15, -0.1) is 0 Å². The maximum atomic E-state index is 12.0. The lowest BCUT2D eigenvalue weighted by Gasteiger charge is -2.20. The fourth-order valence-corrected chi connectivity index (χ4v) is 2.49. The SMILES string of the molecule is CC(NC(=O)OCc1ccccc1)c1cccc(CNC(=O)OC(C)(C)C)c1. The van der Waals surface area contributed by atoms with Crippen molar-refractivity contribution in [1.29, 1.82) is 0 Å². The third-order valence-corrected chi connectivity index (χ3v) is 3.83. The molecule has 6 nitrogen and oxygen atoms in total. The van der Waals surface area contributed by atoms with E-state index in [1.54, 1.807) is 0 Å². The molecule has 0 aliphatic heterocycles. The van der Waals surface area contributed by atoms with E-state index in [-0.39, 0.29) is 12.6 Å². The Kier molecular flexibility index (Phi) is 7.44. The van der Waals surface area contributed by atoms with Crippen molar-refractivity contribution < 1.29 is 19.1 Å². The number of hydrogen-bond donors (Lipinski definition) is 2. The zero-order valence-corrected chi connectivity index (χ0v) is 16.8. The van der Waals surface area contributed by atoms with Crippen LogP contribution in [0.1, 0.15) is 50.4 Å². The second-order valence-corrected chi connectivity index (χ2v) is 7.53. The molecule has 0 aromatic heterocycles. The number of benzene rings is 2. The first kappa shape index (κ1) is 21.3. The fraction of sp³-hybridized carbons (Fsp3) is 0.364. The summed E-state index contributed by atoms with van der Waals surface area (Å²) in [4.78, 5) is 23.8. The highest BCUT2D eigenvalue weighted by molar-refractivity contribution is 5.68. The largest absolute Gasteiger partial charge is 0.445 e. The quantitative estimate of drug-likeness (QED) is 0.757. The first-order valence-electron chi connectivity index (χ1n) is 9.26. The lowest BCUT2D eigenvalue weighted by Crippen LogP contribution is -2.32. The van der Waals surface area contributed by atoms with Crippen molar-refractivity contribution in [3.8, 4) is 0 Å². The Morgan fingerprint density at radius 1 is 0.964 bits per heavy atom. The zero-order valence-electron chi connectivity index (χ0n) is 16.8. The van der Waals surface area contributed by atoms with E-state index in [4.69, 9.17) is 9.47 Å². The fourth-order valence-electron chi connectivity index (χ4n) is 2.49. The second kappa shape index (κ2) is 9.78. The van der Waals surface area contributed by atoms with Gasteiger partial charge >= 0.3 is 12.2 Å². The van der Waals surface area contributed by atoms with E-state index in [1.165, 1.54) is 0 Å². The number of hydrogen-bond acceptors (Lipinski definition) is 4. The Hall–Kier alpha value is -3.02. The normalized spacial score (nSPS) is 12.0. The molecule has 28 heavy (non-hydrogen) atoms. The van der Waals surface area contributed by atoms with Gasteiger partial charge in [-0.25, -0.2) is 9.59 Å². The van der Waals surface area contributed by atoms with Crippen molar-refractivity contribution in [2.75, 3.05) is 0 Å². The summed E-state index contributed by atoms with van der Waals surface area (Å²) in [7, 11) is 0. The highest BCUT2D eigenvalue weighted by Crippen LogP contribution is 2.15. The van der Waals surface area contributed by atoms with Gasteiger partial charge in [-0.2, -0.15) is 0 Å². The van der Waals surface area contributed by atoms with E-state index in [9.17, 15) is 9.59 Å². The van der Waals surface area contributed by atoms with E-state index < -0.39 is 17.8 Å².